The van der Waals surface area contributed by atoms with Gasteiger partial charge in [0, 0.05) is 30.6 Å². The van der Waals surface area contributed by atoms with Crippen LogP contribution in [0.2, 0.25) is 0 Å². The van der Waals surface area contributed by atoms with Gasteiger partial charge in [-0.05, 0) is 50.3 Å². The smallest absolute Gasteiger partial charge is 0.0469 e. The molecule has 1 atom stereocenters. The van der Waals surface area contributed by atoms with E-state index in [9.17, 15) is 0 Å². The third-order valence-corrected chi connectivity index (χ3v) is 3.62. The van der Waals surface area contributed by atoms with E-state index in [0.29, 0.717) is 12.0 Å². The second kappa shape index (κ2) is 5.41. The first kappa shape index (κ1) is 12.2. The molecular formula is C14H22N2O. The van der Waals surface area contributed by atoms with E-state index in [2.05, 4.69) is 25.2 Å². The number of nitrogens with two attached hydrogens (primary N) is 1. The Morgan fingerprint density at radius 1 is 1.35 bits per heavy atom. The zero-order valence-corrected chi connectivity index (χ0v) is 10.7. The molecule has 0 aromatic heterocycles. The van der Waals surface area contributed by atoms with Gasteiger partial charge in [-0.2, -0.15) is 0 Å². The van der Waals surface area contributed by atoms with E-state index in [1.807, 2.05) is 12.1 Å². The molecule has 1 heterocycles. The van der Waals surface area contributed by atoms with Crippen LogP contribution in [-0.2, 0) is 4.74 Å². The number of nitrogens with one attached hydrogen (secondary N) is 1. The topological polar surface area (TPSA) is 47.3 Å². The summed E-state index contributed by atoms with van der Waals surface area (Å²) in [6.45, 7) is 6.15. The molecule has 1 aliphatic heterocycles. The molecule has 0 saturated carbocycles. The van der Waals surface area contributed by atoms with Gasteiger partial charge in [0.1, 0.15) is 0 Å². The highest BCUT2D eigenvalue weighted by Crippen LogP contribution is 2.24. The molecule has 0 amide bonds. The Balaban J connectivity index is 2.01. The van der Waals surface area contributed by atoms with Gasteiger partial charge < -0.3 is 15.8 Å². The standard InChI is InChI=1S/C14H22N2O/c1-10-3-4-13(15)9-14(10)16-11(2)12-5-7-17-8-6-12/h3-4,9,11-12,16H,5-8,15H2,1-2H3. The zero-order chi connectivity index (χ0) is 12.3. The van der Waals surface area contributed by atoms with Crippen molar-refractivity contribution < 1.29 is 4.74 Å². The van der Waals surface area contributed by atoms with Crippen molar-refractivity contribution in [2.75, 3.05) is 24.3 Å². The van der Waals surface area contributed by atoms with Crippen LogP contribution < -0.4 is 11.1 Å². The van der Waals surface area contributed by atoms with Crippen LogP contribution in [0.4, 0.5) is 11.4 Å². The Morgan fingerprint density at radius 3 is 2.76 bits per heavy atom. The maximum Gasteiger partial charge on any atom is 0.0469 e. The fourth-order valence-electron chi connectivity index (χ4n) is 2.37. The Morgan fingerprint density at radius 2 is 2.06 bits per heavy atom. The van der Waals surface area contributed by atoms with E-state index < -0.39 is 0 Å². The van der Waals surface area contributed by atoms with Gasteiger partial charge >= 0.3 is 0 Å². The third kappa shape index (κ3) is 3.13. The zero-order valence-electron chi connectivity index (χ0n) is 10.7. The fourth-order valence-corrected chi connectivity index (χ4v) is 2.37. The summed E-state index contributed by atoms with van der Waals surface area (Å²) < 4.78 is 5.40. The molecule has 0 bridgehead atoms. The highest BCUT2D eigenvalue weighted by Gasteiger charge is 2.20. The summed E-state index contributed by atoms with van der Waals surface area (Å²) in [5, 5.41) is 3.59. The first-order valence-corrected chi connectivity index (χ1v) is 6.37. The molecule has 94 valence electrons. The van der Waals surface area contributed by atoms with Gasteiger partial charge in [0.15, 0.2) is 0 Å². The summed E-state index contributed by atoms with van der Waals surface area (Å²) >= 11 is 0. The van der Waals surface area contributed by atoms with Gasteiger partial charge in [0.05, 0.1) is 0 Å². The first-order chi connectivity index (χ1) is 8.16. The van der Waals surface area contributed by atoms with E-state index in [-0.39, 0.29) is 0 Å². The minimum atomic E-state index is 0.472. The van der Waals surface area contributed by atoms with Crippen LogP contribution in [0.25, 0.3) is 0 Å². The Bertz CT molecular complexity index is 372. The molecule has 1 aliphatic rings. The molecule has 3 nitrogen and oxygen atoms in total. The lowest BCUT2D eigenvalue weighted by Gasteiger charge is -2.29. The highest BCUT2D eigenvalue weighted by atomic mass is 16.5. The molecule has 3 N–H and O–H groups in total. The Kier molecular flexibility index (Phi) is 3.89. The average Bonchev–Trinajstić information content (AvgIpc) is 2.35. The van der Waals surface area contributed by atoms with E-state index in [0.717, 1.165) is 37.4 Å². The molecule has 0 aliphatic carbocycles. The van der Waals surface area contributed by atoms with Crippen molar-refractivity contribution in [1.82, 2.24) is 0 Å². The molecule has 1 fully saturated rings. The largest absolute Gasteiger partial charge is 0.399 e. The number of anilines is 2. The molecule has 3 heteroatoms. The minimum absolute atomic E-state index is 0.472. The number of nitrogen functional groups attached to an aromatic ring is 1. The quantitative estimate of drug-likeness (QED) is 0.791. The third-order valence-electron chi connectivity index (χ3n) is 3.62. The van der Waals surface area contributed by atoms with Gasteiger partial charge in [-0.15, -0.1) is 0 Å². The lowest BCUT2D eigenvalue weighted by atomic mass is 9.92. The summed E-state index contributed by atoms with van der Waals surface area (Å²) in [5.74, 6) is 0.699. The summed E-state index contributed by atoms with van der Waals surface area (Å²) in [7, 11) is 0. The molecule has 0 radical (unpaired) electrons. The van der Waals surface area contributed by atoms with Crippen molar-refractivity contribution in [2.24, 2.45) is 5.92 Å². The van der Waals surface area contributed by atoms with Crippen molar-refractivity contribution in [3.63, 3.8) is 0 Å². The molecule has 17 heavy (non-hydrogen) atoms. The SMILES string of the molecule is Cc1ccc(N)cc1NC(C)C1CCOCC1. The average molecular weight is 234 g/mol. The minimum Gasteiger partial charge on any atom is -0.399 e. The second-order valence-corrected chi connectivity index (χ2v) is 4.96. The fraction of sp³-hybridized carbons (Fsp3) is 0.571. The maximum absolute atomic E-state index is 5.82. The summed E-state index contributed by atoms with van der Waals surface area (Å²) in [5.41, 5.74) is 9.04. The molecule has 1 aromatic rings. The second-order valence-electron chi connectivity index (χ2n) is 4.96. The lowest BCUT2D eigenvalue weighted by molar-refractivity contribution is 0.0622. The number of hydrogen-bond donors (Lipinski definition) is 2. The van der Waals surface area contributed by atoms with Gasteiger partial charge in [-0.25, -0.2) is 0 Å². The van der Waals surface area contributed by atoms with E-state index >= 15 is 0 Å². The van der Waals surface area contributed by atoms with Crippen LogP contribution in [0.15, 0.2) is 18.2 Å². The van der Waals surface area contributed by atoms with Crippen molar-refractivity contribution in [1.29, 1.82) is 0 Å². The number of aryl methyl sites for hydroxylation is 1. The predicted molar refractivity (Wildman–Crippen MR) is 72.2 cm³/mol. The van der Waals surface area contributed by atoms with Crippen LogP contribution in [0.5, 0.6) is 0 Å². The van der Waals surface area contributed by atoms with Crippen molar-refractivity contribution in [2.45, 2.75) is 32.7 Å². The molecule has 1 aromatic carbocycles. The number of benzene rings is 1. The number of ether oxygens (including phenoxy) is 1. The Hall–Kier alpha value is -1.22. The van der Waals surface area contributed by atoms with Gasteiger partial charge in [-0.3, -0.25) is 0 Å². The van der Waals surface area contributed by atoms with Crippen LogP contribution in [0.1, 0.15) is 25.3 Å². The Labute approximate surface area is 103 Å². The predicted octanol–water partition coefficient (Wildman–Crippen LogP) is 2.80. The summed E-state index contributed by atoms with van der Waals surface area (Å²) in [6.07, 6.45) is 2.30. The van der Waals surface area contributed by atoms with Gasteiger partial charge in [-0.1, -0.05) is 6.07 Å². The highest BCUT2D eigenvalue weighted by molar-refractivity contribution is 5.59. The molecule has 2 rings (SSSR count). The maximum atomic E-state index is 5.82. The number of rotatable bonds is 3. The monoisotopic (exact) mass is 234 g/mol. The molecule has 0 spiro atoms. The van der Waals surface area contributed by atoms with Crippen molar-refractivity contribution in [3.05, 3.63) is 23.8 Å². The van der Waals surface area contributed by atoms with Crippen LogP contribution in [-0.4, -0.2) is 19.3 Å². The van der Waals surface area contributed by atoms with E-state index in [4.69, 9.17) is 10.5 Å². The van der Waals surface area contributed by atoms with Crippen LogP contribution in [0, 0.1) is 12.8 Å². The lowest BCUT2D eigenvalue weighted by Crippen LogP contribution is -2.31. The van der Waals surface area contributed by atoms with E-state index in [1.165, 1.54) is 5.56 Å². The summed E-state index contributed by atoms with van der Waals surface area (Å²) in [4.78, 5) is 0. The first-order valence-electron chi connectivity index (χ1n) is 6.37. The van der Waals surface area contributed by atoms with Gasteiger partial charge in [0.2, 0.25) is 0 Å². The van der Waals surface area contributed by atoms with E-state index in [1.54, 1.807) is 0 Å². The number of hydrogen-bond acceptors (Lipinski definition) is 3. The van der Waals surface area contributed by atoms with Crippen molar-refractivity contribution in [3.8, 4) is 0 Å². The molecule has 1 saturated heterocycles. The normalized spacial score (nSPS) is 18.9. The summed E-state index contributed by atoms with van der Waals surface area (Å²) in [6, 6.07) is 6.50. The van der Waals surface area contributed by atoms with Crippen molar-refractivity contribution >= 4 is 11.4 Å². The van der Waals surface area contributed by atoms with Crippen LogP contribution in [0.3, 0.4) is 0 Å². The van der Waals surface area contributed by atoms with Crippen LogP contribution >= 0.6 is 0 Å². The molecular weight excluding hydrogens is 212 g/mol. The van der Waals surface area contributed by atoms with Gasteiger partial charge in [0.25, 0.3) is 0 Å². The molecule has 1 unspecified atom stereocenters.